The molecule has 0 N–H and O–H groups in total. The molecular formula is C25H27NO. The Hall–Kier alpha value is -2.37. The van der Waals surface area contributed by atoms with Gasteiger partial charge in [-0.25, -0.2) is 0 Å². The molecule has 27 heavy (non-hydrogen) atoms. The van der Waals surface area contributed by atoms with E-state index in [4.69, 9.17) is 4.74 Å². The van der Waals surface area contributed by atoms with Gasteiger partial charge in [-0.05, 0) is 42.9 Å². The zero-order valence-electron chi connectivity index (χ0n) is 16.2. The summed E-state index contributed by atoms with van der Waals surface area (Å²) < 4.78 is 6.51. The monoisotopic (exact) mass is 357 g/mol. The van der Waals surface area contributed by atoms with Crippen LogP contribution in [0.2, 0.25) is 0 Å². The lowest BCUT2D eigenvalue weighted by Gasteiger charge is -2.43. The second kappa shape index (κ2) is 7.33. The molecule has 0 radical (unpaired) electrons. The molecule has 1 aliphatic heterocycles. The van der Waals surface area contributed by atoms with Crippen LogP contribution < -0.4 is 0 Å². The van der Waals surface area contributed by atoms with Crippen LogP contribution in [-0.4, -0.2) is 12.2 Å². The summed E-state index contributed by atoms with van der Waals surface area (Å²) in [6, 6.07) is 9.25. The molecule has 1 saturated heterocycles. The number of nitrogens with zero attached hydrogens (tertiary/aromatic N) is 1. The van der Waals surface area contributed by atoms with Crippen LogP contribution in [0.4, 0.5) is 0 Å². The fourth-order valence-corrected chi connectivity index (χ4v) is 4.73. The average Bonchev–Trinajstić information content (AvgIpc) is 2.72. The zero-order chi connectivity index (χ0) is 19.0. The molecule has 2 nitrogen and oxygen atoms in total. The maximum Gasteiger partial charge on any atom is 0.0941 e. The Morgan fingerprint density at radius 1 is 1.26 bits per heavy atom. The Bertz CT molecular complexity index is 882. The van der Waals surface area contributed by atoms with Crippen LogP contribution in [-0.2, 0) is 17.6 Å². The molecule has 5 unspecified atom stereocenters. The summed E-state index contributed by atoms with van der Waals surface area (Å²) in [6.07, 6.45) is 13.6. The fourth-order valence-electron chi connectivity index (χ4n) is 4.73. The van der Waals surface area contributed by atoms with E-state index in [0.717, 1.165) is 24.8 Å². The largest absolute Gasteiger partial charge is 0.368 e. The maximum absolute atomic E-state index is 10.00. The zero-order valence-corrected chi connectivity index (χ0v) is 16.2. The van der Waals surface area contributed by atoms with Gasteiger partial charge in [0.2, 0.25) is 0 Å². The van der Waals surface area contributed by atoms with E-state index in [0.29, 0.717) is 5.92 Å². The van der Waals surface area contributed by atoms with Gasteiger partial charge >= 0.3 is 0 Å². The molecule has 3 aliphatic rings. The Balaban J connectivity index is 1.79. The second-order valence-electron chi connectivity index (χ2n) is 8.06. The number of benzene rings is 1. The second-order valence-corrected chi connectivity index (χ2v) is 8.06. The highest BCUT2D eigenvalue weighted by atomic mass is 16.5. The van der Waals surface area contributed by atoms with Crippen LogP contribution in [0.3, 0.4) is 0 Å². The van der Waals surface area contributed by atoms with Crippen molar-refractivity contribution < 1.29 is 4.74 Å². The van der Waals surface area contributed by atoms with Crippen molar-refractivity contribution in [3.05, 3.63) is 76.9 Å². The number of nitriles is 1. The molecule has 1 aromatic rings. The van der Waals surface area contributed by atoms with E-state index in [1.165, 1.54) is 22.3 Å². The van der Waals surface area contributed by atoms with Crippen molar-refractivity contribution in [1.29, 1.82) is 5.26 Å². The van der Waals surface area contributed by atoms with Crippen LogP contribution in [0.15, 0.2) is 60.2 Å². The van der Waals surface area contributed by atoms with Gasteiger partial charge in [0.25, 0.3) is 0 Å². The van der Waals surface area contributed by atoms with Crippen LogP contribution >= 0.6 is 0 Å². The number of hydrogen-bond acceptors (Lipinski definition) is 2. The standard InChI is InChI=1S/C25H27NO/c1-4-18-9-10-19-11-16(2)22-14-20-7-5-6-8-24(20)27-25(22)23(15-26)17(3)12-21(19)13-18/h5-11,13,20,22-25H,3-4,12,14H2,1-2H3. The highest BCUT2D eigenvalue weighted by Gasteiger charge is 2.42. The van der Waals surface area contributed by atoms with Crippen LogP contribution in [0.25, 0.3) is 6.08 Å². The van der Waals surface area contributed by atoms with Crippen molar-refractivity contribution >= 4 is 6.08 Å². The Morgan fingerprint density at radius 3 is 2.85 bits per heavy atom. The van der Waals surface area contributed by atoms with E-state index in [1.54, 1.807) is 0 Å². The molecule has 5 atom stereocenters. The molecule has 138 valence electrons. The van der Waals surface area contributed by atoms with Gasteiger partial charge in [0.05, 0.1) is 24.2 Å². The van der Waals surface area contributed by atoms with Gasteiger partial charge in [-0.15, -0.1) is 0 Å². The van der Waals surface area contributed by atoms with Crippen molar-refractivity contribution in [2.24, 2.45) is 17.8 Å². The van der Waals surface area contributed by atoms with Gasteiger partial charge in [0.15, 0.2) is 0 Å². The van der Waals surface area contributed by atoms with Gasteiger partial charge in [-0.2, -0.15) is 5.26 Å². The summed E-state index contributed by atoms with van der Waals surface area (Å²) in [5.41, 5.74) is 6.13. The molecule has 2 heteroatoms. The van der Waals surface area contributed by atoms with Crippen LogP contribution in [0, 0.1) is 29.1 Å². The SMILES string of the molecule is C=C1Cc2cc(CC)ccc2C=C(C)C2CC3C=CC=CC3OC2C1C#N. The topological polar surface area (TPSA) is 33.0 Å². The van der Waals surface area contributed by atoms with Crippen molar-refractivity contribution in [1.82, 2.24) is 0 Å². The van der Waals surface area contributed by atoms with Crippen LogP contribution in [0.5, 0.6) is 0 Å². The minimum absolute atomic E-state index is 0.0718. The molecule has 0 amide bonds. The van der Waals surface area contributed by atoms with Gasteiger partial charge < -0.3 is 4.74 Å². The molecule has 0 saturated carbocycles. The predicted octanol–water partition coefficient (Wildman–Crippen LogP) is 5.42. The van der Waals surface area contributed by atoms with Gasteiger partial charge in [0, 0.05) is 11.8 Å². The Kier molecular flexibility index (Phi) is 4.89. The van der Waals surface area contributed by atoms with Gasteiger partial charge in [0.1, 0.15) is 0 Å². The molecule has 0 spiro atoms. The fraction of sp³-hybridized carbons (Fsp3) is 0.400. The predicted molar refractivity (Wildman–Crippen MR) is 110 cm³/mol. The first-order valence-corrected chi connectivity index (χ1v) is 9.98. The summed E-state index contributed by atoms with van der Waals surface area (Å²) in [5.74, 6) is 0.338. The van der Waals surface area contributed by atoms with Crippen LogP contribution in [0.1, 0.15) is 37.0 Å². The molecule has 1 aromatic carbocycles. The number of allylic oxidation sites excluding steroid dienone is 2. The van der Waals surface area contributed by atoms with E-state index < -0.39 is 0 Å². The third-order valence-electron chi connectivity index (χ3n) is 6.34. The quantitative estimate of drug-likeness (QED) is 0.629. The minimum atomic E-state index is -0.283. The molecule has 4 rings (SSSR count). The first kappa shape index (κ1) is 18.0. The molecular weight excluding hydrogens is 330 g/mol. The Morgan fingerprint density at radius 2 is 2.07 bits per heavy atom. The highest BCUT2D eigenvalue weighted by Crippen LogP contribution is 2.43. The minimum Gasteiger partial charge on any atom is -0.368 e. The lowest BCUT2D eigenvalue weighted by Crippen LogP contribution is -2.44. The Labute approximate surface area is 162 Å². The summed E-state index contributed by atoms with van der Waals surface area (Å²) in [7, 11) is 0. The lowest BCUT2D eigenvalue weighted by atomic mass is 9.74. The van der Waals surface area contributed by atoms with E-state index in [1.807, 2.05) is 0 Å². The lowest BCUT2D eigenvalue weighted by molar-refractivity contribution is -0.0848. The molecule has 2 aliphatic carbocycles. The van der Waals surface area contributed by atoms with Crippen molar-refractivity contribution in [3.63, 3.8) is 0 Å². The summed E-state index contributed by atoms with van der Waals surface area (Å²) in [4.78, 5) is 0. The van der Waals surface area contributed by atoms with E-state index in [9.17, 15) is 5.26 Å². The smallest absolute Gasteiger partial charge is 0.0941 e. The van der Waals surface area contributed by atoms with E-state index in [-0.39, 0.29) is 24.0 Å². The van der Waals surface area contributed by atoms with Crippen molar-refractivity contribution in [2.75, 3.05) is 0 Å². The van der Waals surface area contributed by atoms with Gasteiger partial charge in [-0.1, -0.05) is 73.2 Å². The molecule has 0 aromatic heterocycles. The maximum atomic E-state index is 10.00. The van der Waals surface area contributed by atoms with Crippen molar-refractivity contribution in [3.8, 4) is 6.07 Å². The summed E-state index contributed by atoms with van der Waals surface area (Å²) >= 11 is 0. The van der Waals surface area contributed by atoms with E-state index in [2.05, 4.69) is 75.1 Å². The molecule has 1 heterocycles. The third kappa shape index (κ3) is 3.33. The average molecular weight is 357 g/mol. The number of hydrogen-bond donors (Lipinski definition) is 0. The summed E-state index contributed by atoms with van der Waals surface area (Å²) in [6.45, 7) is 8.70. The summed E-state index contributed by atoms with van der Waals surface area (Å²) in [5, 5.41) is 10.00. The van der Waals surface area contributed by atoms with Crippen molar-refractivity contribution in [2.45, 2.75) is 45.3 Å². The van der Waals surface area contributed by atoms with E-state index >= 15 is 0 Å². The molecule has 0 bridgehead atoms. The number of aryl methyl sites for hydroxylation is 1. The highest BCUT2D eigenvalue weighted by molar-refractivity contribution is 5.59. The van der Waals surface area contributed by atoms with Gasteiger partial charge in [-0.3, -0.25) is 0 Å². The number of rotatable bonds is 1. The third-order valence-corrected chi connectivity index (χ3v) is 6.34. The number of fused-ring (bicyclic) bond motifs is 3. The normalized spacial score (nSPS) is 32.1. The number of ether oxygens (including phenoxy) is 1. The first-order valence-electron chi connectivity index (χ1n) is 9.98. The first-order chi connectivity index (χ1) is 13.1. The molecule has 1 fully saturated rings.